The molecule has 322 valence electrons. The molecule has 0 aliphatic heterocycles. The molecule has 7 heteroatoms. The van der Waals surface area contributed by atoms with Gasteiger partial charge in [-0.3, -0.25) is 0 Å². The van der Waals surface area contributed by atoms with Crippen molar-refractivity contribution in [3.8, 4) is 44.5 Å². The zero-order valence-corrected chi connectivity index (χ0v) is 45.0. The second-order valence-corrected chi connectivity index (χ2v) is 33.0. The predicted molar refractivity (Wildman–Crippen MR) is 284 cm³/mol. The van der Waals surface area contributed by atoms with Gasteiger partial charge in [-0.2, -0.15) is 0 Å². The Labute approximate surface area is 401 Å². The van der Waals surface area contributed by atoms with Crippen LogP contribution in [0.15, 0.2) is 170 Å². The Balaban J connectivity index is 0.000000187. The zero-order chi connectivity index (χ0) is 45.7. The molecule has 1 nitrogen and oxygen atoms in total. The van der Waals surface area contributed by atoms with Gasteiger partial charge in [0.15, 0.2) is 7.98 Å². The summed E-state index contributed by atoms with van der Waals surface area (Å²) < 4.78 is 2.15. The van der Waals surface area contributed by atoms with Crippen molar-refractivity contribution >= 4 is 63.0 Å². The van der Waals surface area contributed by atoms with E-state index in [-0.39, 0.29) is 0 Å². The summed E-state index contributed by atoms with van der Waals surface area (Å²) in [6, 6.07) is 61.6. The third-order valence-electron chi connectivity index (χ3n) is 11.0. The molecular formula is C56H64BCl2NSi2Zr. The molecule has 0 amide bonds. The first kappa shape index (κ1) is 50.5. The van der Waals surface area contributed by atoms with Crippen LogP contribution in [0.1, 0.15) is 38.8 Å². The molecule has 0 saturated heterocycles. The van der Waals surface area contributed by atoms with Gasteiger partial charge in [-0.1, -0.05) is 223 Å². The van der Waals surface area contributed by atoms with E-state index in [4.69, 9.17) is 25.0 Å². The van der Waals surface area contributed by atoms with E-state index in [1.807, 2.05) is 0 Å². The number of nitrogens with zero attached hydrogens (tertiary/aromatic N) is 1. The van der Waals surface area contributed by atoms with Gasteiger partial charge in [0.2, 0.25) is 0 Å². The van der Waals surface area contributed by atoms with Crippen LogP contribution in [-0.4, -0.2) is 28.6 Å². The van der Waals surface area contributed by atoms with Crippen molar-refractivity contribution in [2.45, 2.75) is 79.8 Å². The second-order valence-electron chi connectivity index (χ2n) is 19.1. The Morgan fingerprint density at radius 2 is 0.794 bits per heavy atom. The van der Waals surface area contributed by atoms with Gasteiger partial charge in [0.05, 0.1) is 0 Å². The number of hydrogen-bond acceptors (Lipinski definition) is 1. The van der Waals surface area contributed by atoms with Crippen molar-refractivity contribution in [1.82, 2.24) is 4.14 Å². The molecule has 0 N–H and O–H groups in total. The van der Waals surface area contributed by atoms with Crippen LogP contribution >= 0.6 is 17.0 Å². The summed E-state index contributed by atoms with van der Waals surface area (Å²) in [5, 5.41) is 5.32. The molecule has 8 rings (SSSR count). The van der Waals surface area contributed by atoms with E-state index < -0.39 is 37.3 Å². The van der Waals surface area contributed by atoms with Gasteiger partial charge < -0.3 is 4.14 Å². The fourth-order valence-corrected chi connectivity index (χ4v) is 16.4. The van der Waals surface area contributed by atoms with E-state index in [1.54, 1.807) is 0 Å². The number of benzene rings is 6. The monoisotopic (exact) mass is 977 g/mol. The number of fused-ring (bicyclic) bond motifs is 2. The molecule has 0 unspecified atom stereocenters. The van der Waals surface area contributed by atoms with E-state index >= 15 is 0 Å². The van der Waals surface area contributed by atoms with Crippen LogP contribution in [0.25, 0.3) is 66.1 Å². The van der Waals surface area contributed by atoms with Crippen molar-refractivity contribution in [1.29, 1.82) is 0 Å². The second kappa shape index (κ2) is 23.6. The first-order valence-corrected chi connectivity index (χ1v) is 35.4. The maximum absolute atomic E-state index is 5.98. The first-order valence-electron chi connectivity index (χ1n) is 22.2. The molecule has 8 aromatic rings. The van der Waals surface area contributed by atoms with Gasteiger partial charge >= 0.3 is 37.9 Å². The number of rotatable bonds is 10. The van der Waals surface area contributed by atoms with Crippen molar-refractivity contribution in [2.75, 3.05) is 0 Å². The Morgan fingerprint density at radius 3 is 1.11 bits per heavy atom. The molecule has 0 aliphatic rings. The van der Waals surface area contributed by atoms with Crippen molar-refractivity contribution in [2.24, 2.45) is 11.8 Å². The van der Waals surface area contributed by atoms with Crippen molar-refractivity contribution < 1.29 is 20.8 Å². The molecule has 0 aromatic heterocycles. The minimum absolute atomic E-state index is 0.653. The van der Waals surface area contributed by atoms with Crippen LogP contribution < -0.4 is 0 Å². The molecule has 0 spiro atoms. The van der Waals surface area contributed by atoms with Crippen LogP contribution in [0.2, 0.25) is 39.3 Å². The Kier molecular flexibility index (Phi) is 18.9. The molecular weight excluding hydrogens is 916 g/mol. The van der Waals surface area contributed by atoms with Gasteiger partial charge in [-0.25, -0.2) is 0 Å². The van der Waals surface area contributed by atoms with E-state index in [2.05, 4.69) is 241 Å². The average Bonchev–Trinajstić information content (AvgIpc) is 3.90. The van der Waals surface area contributed by atoms with E-state index in [9.17, 15) is 0 Å². The summed E-state index contributed by atoms with van der Waals surface area (Å²) in [6.07, 6.45) is 2.22. The summed E-state index contributed by atoms with van der Waals surface area (Å²) in [6.45, 7) is 22.8. The molecule has 0 fully saturated rings. The van der Waals surface area contributed by atoms with Gasteiger partial charge in [0.1, 0.15) is 16.5 Å². The maximum atomic E-state index is 5.98. The van der Waals surface area contributed by atoms with Crippen molar-refractivity contribution in [3.63, 3.8) is 0 Å². The predicted octanol–water partition coefficient (Wildman–Crippen LogP) is 17.6. The molecule has 2 radical (unpaired) electrons. The summed E-state index contributed by atoms with van der Waals surface area (Å²) >= 11 is -0.826. The number of halogens is 2. The van der Waals surface area contributed by atoms with Crippen LogP contribution in [0.4, 0.5) is 0 Å². The fraction of sp³-hybridized carbons (Fsp3) is 0.250. The molecule has 63 heavy (non-hydrogen) atoms. The van der Waals surface area contributed by atoms with Crippen LogP contribution in [0.5, 0.6) is 0 Å². The Morgan fingerprint density at radius 1 is 0.476 bits per heavy atom. The van der Waals surface area contributed by atoms with Gasteiger partial charge in [0, 0.05) is 0 Å². The van der Waals surface area contributed by atoms with Crippen LogP contribution in [-0.2, 0) is 33.7 Å². The third-order valence-corrected chi connectivity index (χ3v) is 17.9. The van der Waals surface area contributed by atoms with Gasteiger partial charge in [-0.15, -0.1) is 69.1 Å². The van der Waals surface area contributed by atoms with Crippen LogP contribution in [0.3, 0.4) is 0 Å². The quantitative estimate of drug-likeness (QED) is 0.0975. The standard InChI is InChI=1S/2C25H23.C6H18BNSi2.2ClH.Zr/c2*1-18(2)15-20-11-6-7-13-23(20)24-14-8-12-21-16-22(17-25(21)24)19-9-4-3-5-10-19;1-9(2,3)8(7)10(4,5)6;;;/h2*3-14,16-18H,15H2,1-2H3;1-6H3;2*1H;/q2*-1;;;;+4/p-2. The molecule has 8 aromatic carbocycles. The summed E-state index contributed by atoms with van der Waals surface area (Å²) in [5.41, 5.74) is 13.4. The first-order chi connectivity index (χ1) is 30.0. The summed E-state index contributed by atoms with van der Waals surface area (Å²) in [5.74, 6) is 1.31. The normalized spacial score (nSPS) is 11.4. The van der Waals surface area contributed by atoms with Gasteiger partial charge in [-0.05, 0) is 46.9 Å². The van der Waals surface area contributed by atoms with E-state index in [1.165, 1.54) is 77.2 Å². The summed E-state index contributed by atoms with van der Waals surface area (Å²) in [4.78, 5) is 0. The van der Waals surface area contributed by atoms with Crippen LogP contribution in [0, 0.1) is 11.8 Å². The molecule has 0 aliphatic carbocycles. The van der Waals surface area contributed by atoms with Crippen molar-refractivity contribution in [3.05, 3.63) is 181 Å². The fourth-order valence-electron chi connectivity index (χ4n) is 8.34. The molecule has 0 saturated carbocycles. The zero-order valence-electron chi connectivity index (χ0n) is 39.0. The molecule has 0 atom stereocenters. The Bertz CT molecular complexity index is 2440. The number of hydrogen-bond donors (Lipinski definition) is 0. The van der Waals surface area contributed by atoms with Gasteiger partial charge in [0.25, 0.3) is 0 Å². The summed E-state index contributed by atoms with van der Waals surface area (Å²) in [7, 11) is 13.4. The topological polar surface area (TPSA) is 3.24 Å². The minimum atomic E-state index is -1.22. The van der Waals surface area contributed by atoms with E-state index in [0.29, 0.717) is 11.8 Å². The average molecular weight is 980 g/mol. The Hall–Kier alpha value is -3.54. The molecule has 0 bridgehead atoms. The molecule has 0 heterocycles. The van der Waals surface area contributed by atoms with E-state index in [0.717, 1.165) is 12.8 Å². The third kappa shape index (κ3) is 14.2. The SMILES string of the molecule is CC(C)Cc1ccccc1-c1cccc2[cH-]c(-c3ccccc3)cc12.CC(C)Cc1ccccc1-c1cccc2[cH-]c(-c3ccccc3)cc12.[B]N([Si](C)(C)C)[Si](C)(C)C.[Cl][Zr+2][Cl].